The molecule has 0 rings (SSSR count). The molecule has 0 heterocycles. The lowest BCUT2D eigenvalue weighted by atomic mass is 10.1. The van der Waals surface area contributed by atoms with Crippen LogP contribution in [-0.2, 0) is 37.5 Å². The number of nitrogens with two attached hydrogens (primary N) is 1. The first-order valence-electron chi connectivity index (χ1n) is 23.1. The van der Waals surface area contributed by atoms with Gasteiger partial charge in [-0.15, -0.1) is 0 Å². The molecule has 0 saturated heterocycles. The second kappa shape index (κ2) is 42.2. The molecule has 0 aliphatic heterocycles. The standard InChI is InChI=1S/C48H82NO11P/c1-3-5-7-8-9-10-11-12-13-14-15-16-17-18-21-25-28-31-35-39-47(52)60-44(41-58-61(55,56)59-42-45(49)48(53)54)40-57-46(51)38-34-30-27-24-22-19-20-23-26-29-33-37-43(50)36-32-6-4-2/h9-10,12-13,19-20,24,26-27,29,33,37,43-45,50H,3-8,11,14-18,21-23,25,28,30-32,34-36,38-42,49H2,1-2H3,(H,53,54)(H,55,56)/b10-9-,13-12-,20-19-,27-24-,29-26-,37-33+/t43-,44-,45+/m1/s1. The zero-order valence-electron chi connectivity index (χ0n) is 37.6. The normalized spacial score (nSPS) is 14.8. The highest BCUT2D eigenvalue weighted by Gasteiger charge is 2.28. The minimum atomic E-state index is -4.75. The van der Waals surface area contributed by atoms with Crippen LogP contribution in [0.1, 0.15) is 174 Å². The number of hydrogen-bond donors (Lipinski definition) is 4. The molecule has 0 aliphatic carbocycles. The fourth-order valence-corrected chi connectivity index (χ4v) is 6.62. The van der Waals surface area contributed by atoms with Crippen molar-refractivity contribution in [1.82, 2.24) is 0 Å². The largest absolute Gasteiger partial charge is 0.480 e. The van der Waals surface area contributed by atoms with Crippen LogP contribution in [0.25, 0.3) is 0 Å². The number of aliphatic hydroxyl groups excluding tert-OH is 1. The molecule has 0 aromatic rings. The van der Waals surface area contributed by atoms with Gasteiger partial charge in [-0.3, -0.25) is 23.4 Å². The number of unbranched alkanes of at least 4 members (excludes halogenated alkanes) is 15. The van der Waals surface area contributed by atoms with Gasteiger partial charge < -0.3 is 30.3 Å². The summed E-state index contributed by atoms with van der Waals surface area (Å²) in [6.07, 6.45) is 47.2. The van der Waals surface area contributed by atoms with Crippen LogP contribution < -0.4 is 5.73 Å². The van der Waals surface area contributed by atoms with Gasteiger partial charge >= 0.3 is 25.7 Å². The molecule has 0 spiro atoms. The molecular formula is C48H82NO11P. The van der Waals surface area contributed by atoms with Crippen LogP contribution in [0.3, 0.4) is 0 Å². The number of phosphoric ester groups is 1. The van der Waals surface area contributed by atoms with Gasteiger partial charge in [0.2, 0.25) is 0 Å². The summed E-state index contributed by atoms with van der Waals surface area (Å²) >= 11 is 0. The Labute approximate surface area is 368 Å². The number of phosphoric acid groups is 1. The second-order valence-electron chi connectivity index (χ2n) is 15.4. The first-order valence-corrected chi connectivity index (χ1v) is 24.6. The van der Waals surface area contributed by atoms with Gasteiger partial charge in [0.1, 0.15) is 12.6 Å². The molecule has 0 saturated carbocycles. The average Bonchev–Trinajstić information content (AvgIpc) is 3.23. The molecule has 12 nitrogen and oxygen atoms in total. The molecule has 0 fully saturated rings. The number of ether oxygens (including phenoxy) is 2. The minimum Gasteiger partial charge on any atom is -0.480 e. The molecule has 0 radical (unpaired) electrons. The van der Waals surface area contributed by atoms with Gasteiger partial charge in [0.25, 0.3) is 0 Å². The number of carboxylic acids is 1. The van der Waals surface area contributed by atoms with Gasteiger partial charge in [-0.1, -0.05) is 164 Å². The summed E-state index contributed by atoms with van der Waals surface area (Å²) in [5.41, 5.74) is 5.33. The number of aliphatic carboxylic acids is 1. The quantitative estimate of drug-likeness (QED) is 0.0149. The second-order valence-corrected chi connectivity index (χ2v) is 16.8. The van der Waals surface area contributed by atoms with Crippen LogP contribution in [-0.4, -0.2) is 71.1 Å². The molecule has 0 aromatic heterocycles. The van der Waals surface area contributed by atoms with Crippen molar-refractivity contribution in [3.05, 3.63) is 72.9 Å². The molecule has 4 atom stereocenters. The third-order valence-electron chi connectivity index (χ3n) is 9.53. The number of carbonyl (C=O) groups excluding carboxylic acids is 2. The maximum absolute atomic E-state index is 12.7. The minimum absolute atomic E-state index is 0.122. The third-order valence-corrected chi connectivity index (χ3v) is 10.5. The predicted molar refractivity (Wildman–Crippen MR) is 246 cm³/mol. The van der Waals surface area contributed by atoms with Crippen molar-refractivity contribution in [2.75, 3.05) is 19.8 Å². The summed E-state index contributed by atoms with van der Waals surface area (Å²) in [6.45, 7) is 2.58. The van der Waals surface area contributed by atoms with E-state index in [1.807, 2.05) is 36.5 Å². The lowest BCUT2D eigenvalue weighted by molar-refractivity contribution is -0.161. The molecule has 0 aromatic carbocycles. The zero-order valence-corrected chi connectivity index (χ0v) is 38.5. The van der Waals surface area contributed by atoms with E-state index < -0.39 is 63.8 Å². The summed E-state index contributed by atoms with van der Waals surface area (Å²) < 4.78 is 32.7. The number of esters is 2. The first kappa shape index (κ1) is 57.9. The van der Waals surface area contributed by atoms with E-state index in [4.69, 9.17) is 24.8 Å². The monoisotopic (exact) mass is 880 g/mol. The molecule has 13 heteroatoms. The first-order chi connectivity index (χ1) is 29.5. The smallest absolute Gasteiger partial charge is 0.472 e. The molecule has 61 heavy (non-hydrogen) atoms. The lowest BCUT2D eigenvalue weighted by Crippen LogP contribution is -2.34. The predicted octanol–water partition coefficient (Wildman–Crippen LogP) is 11.5. The third kappa shape index (κ3) is 42.0. The van der Waals surface area contributed by atoms with Gasteiger partial charge in [-0.2, -0.15) is 0 Å². The van der Waals surface area contributed by atoms with E-state index in [2.05, 4.69) is 54.8 Å². The molecule has 1 unspecified atom stereocenters. The number of aliphatic hydroxyl groups is 1. The van der Waals surface area contributed by atoms with Crippen LogP contribution in [0.15, 0.2) is 72.9 Å². The molecule has 0 aliphatic rings. The highest BCUT2D eigenvalue weighted by Crippen LogP contribution is 2.43. The highest BCUT2D eigenvalue weighted by atomic mass is 31.2. The fourth-order valence-electron chi connectivity index (χ4n) is 5.84. The summed E-state index contributed by atoms with van der Waals surface area (Å²) in [5, 5.41) is 18.8. The van der Waals surface area contributed by atoms with Crippen molar-refractivity contribution >= 4 is 25.7 Å². The maximum atomic E-state index is 12.7. The van der Waals surface area contributed by atoms with Crippen LogP contribution in [0.5, 0.6) is 0 Å². The van der Waals surface area contributed by atoms with E-state index in [1.54, 1.807) is 0 Å². The molecular weight excluding hydrogens is 797 g/mol. The zero-order chi connectivity index (χ0) is 45.1. The molecule has 0 amide bonds. The summed E-state index contributed by atoms with van der Waals surface area (Å²) in [6, 6.07) is -1.54. The van der Waals surface area contributed by atoms with Crippen molar-refractivity contribution < 1.29 is 52.6 Å². The van der Waals surface area contributed by atoms with E-state index in [1.165, 1.54) is 51.4 Å². The highest BCUT2D eigenvalue weighted by molar-refractivity contribution is 7.47. The van der Waals surface area contributed by atoms with E-state index in [0.29, 0.717) is 19.3 Å². The summed E-state index contributed by atoms with van der Waals surface area (Å²) in [4.78, 5) is 46.0. The van der Waals surface area contributed by atoms with E-state index in [-0.39, 0.29) is 12.8 Å². The topological polar surface area (TPSA) is 192 Å². The Hall–Kier alpha value is -3.12. The Kier molecular flexibility index (Phi) is 40.0. The number of rotatable bonds is 42. The Morgan fingerprint density at radius 3 is 1.69 bits per heavy atom. The van der Waals surface area contributed by atoms with Crippen LogP contribution in [0.4, 0.5) is 0 Å². The fraction of sp³-hybridized carbons (Fsp3) is 0.688. The number of allylic oxidation sites excluding steroid dienone is 11. The lowest BCUT2D eigenvalue weighted by Gasteiger charge is -2.20. The maximum Gasteiger partial charge on any atom is 0.472 e. The van der Waals surface area contributed by atoms with E-state index >= 15 is 0 Å². The van der Waals surface area contributed by atoms with Crippen molar-refractivity contribution in [1.29, 1.82) is 0 Å². The van der Waals surface area contributed by atoms with Crippen LogP contribution in [0.2, 0.25) is 0 Å². The van der Waals surface area contributed by atoms with Gasteiger partial charge in [0.05, 0.1) is 19.3 Å². The summed E-state index contributed by atoms with van der Waals surface area (Å²) in [5.74, 6) is -2.49. The number of carbonyl (C=O) groups is 3. The van der Waals surface area contributed by atoms with Crippen molar-refractivity contribution in [3.63, 3.8) is 0 Å². The van der Waals surface area contributed by atoms with Gasteiger partial charge in [-0.05, 0) is 70.6 Å². The number of carboxylic acid groups (broad SMARTS) is 1. The van der Waals surface area contributed by atoms with Crippen molar-refractivity contribution in [2.24, 2.45) is 5.73 Å². The molecule has 350 valence electrons. The molecule has 0 bridgehead atoms. The SMILES string of the molecule is CCCCC/C=C\C/C=C\CCCCCCCCCCCC(=O)O[C@H](COC(=O)CCC/C=C\C/C=C\C/C=C\C=C\[C@H](O)CCCCC)COP(=O)(O)OC[C@H](N)C(=O)O. The molecule has 5 N–H and O–H groups in total. The Morgan fingerprint density at radius 1 is 0.590 bits per heavy atom. The van der Waals surface area contributed by atoms with Gasteiger partial charge in [-0.25, -0.2) is 4.57 Å². The number of hydrogen-bond acceptors (Lipinski definition) is 10. The van der Waals surface area contributed by atoms with Gasteiger partial charge in [0, 0.05) is 12.8 Å². The van der Waals surface area contributed by atoms with E-state index in [9.17, 15) is 28.9 Å². The Bertz CT molecular complexity index is 1330. The Balaban J connectivity index is 4.46. The van der Waals surface area contributed by atoms with Gasteiger partial charge in [0.15, 0.2) is 6.10 Å². The Morgan fingerprint density at radius 2 is 1.08 bits per heavy atom. The van der Waals surface area contributed by atoms with Crippen molar-refractivity contribution in [2.45, 2.75) is 193 Å². The van der Waals surface area contributed by atoms with Crippen molar-refractivity contribution in [3.8, 4) is 0 Å². The van der Waals surface area contributed by atoms with E-state index in [0.717, 1.165) is 77.0 Å². The average molecular weight is 880 g/mol. The van der Waals surface area contributed by atoms with Crippen LogP contribution >= 0.6 is 7.82 Å². The summed E-state index contributed by atoms with van der Waals surface area (Å²) in [7, 11) is -4.75. The van der Waals surface area contributed by atoms with Crippen LogP contribution in [0, 0.1) is 0 Å².